The molecule has 1 rings (SSSR count). The fourth-order valence-electron chi connectivity index (χ4n) is 2.79. The molecule has 0 bridgehead atoms. The zero-order valence-electron chi connectivity index (χ0n) is 15.2. The average Bonchev–Trinajstić information content (AvgIpc) is 2.50. The quantitative estimate of drug-likeness (QED) is 0.524. The Kier molecular flexibility index (Phi) is 10.6. The summed E-state index contributed by atoms with van der Waals surface area (Å²) in [5, 5.41) is 2.59. The third-order valence-corrected chi connectivity index (χ3v) is 5.38. The molecule has 0 aromatic rings. The molecule has 10 heteroatoms. The Morgan fingerprint density at radius 1 is 1.32 bits per heavy atom. The van der Waals surface area contributed by atoms with Crippen LogP contribution in [0.15, 0.2) is 0 Å². The van der Waals surface area contributed by atoms with Gasteiger partial charge in [-0.15, -0.1) is 12.4 Å². The van der Waals surface area contributed by atoms with Crippen molar-refractivity contribution in [2.75, 3.05) is 25.4 Å². The second-order valence-electron chi connectivity index (χ2n) is 6.72. The molecule has 1 aliphatic heterocycles. The van der Waals surface area contributed by atoms with E-state index in [2.05, 4.69) is 17.0 Å². The zero-order valence-corrected chi connectivity index (χ0v) is 16.8. The van der Waals surface area contributed by atoms with Gasteiger partial charge in [-0.2, -0.15) is 0 Å². The Bertz CT molecular complexity index is 542. The van der Waals surface area contributed by atoms with Gasteiger partial charge in [-0.25, -0.2) is 13.1 Å². The van der Waals surface area contributed by atoms with E-state index in [9.17, 15) is 18.0 Å². The third-order valence-electron chi connectivity index (χ3n) is 4.06. The summed E-state index contributed by atoms with van der Waals surface area (Å²) in [6.07, 6.45) is 1.65. The first-order chi connectivity index (χ1) is 11.1. The van der Waals surface area contributed by atoms with Gasteiger partial charge in [0.25, 0.3) is 0 Å². The zero-order chi connectivity index (χ0) is 18.3. The fourth-order valence-corrected chi connectivity index (χ4v) is 3.73. The molecular weight excluding hydrogens is 368 g/mol. The van der Waals surface area contributed by atoms with Gasteiger partial charge in [0.2, 0.25) is 21.8 Å². The Labute approximate surface area is 156 Å². The average molecular weight is 399 g/mol. The summed E-state index contributed by atoms with van der Waals surface area (Å²) in [5.41, 5.74) is 5.73. The van der Waals surface area contributed by atoms with Crippen LogP contribution in [0.4, 0.5) is 0 Å². The number of amides is 2. The number of piperidine rings is 1. The van der Waals surface area contributed by atoms with E-state index < -0.39 is 15.9 Å². The maximum absolute atomic E-state index is 12.3. The number of sulfonamides is 1. The minimum absolute atomic E-state index is 0. The molecule has 0 aliphatic carbocycles. The summed E-state index contributed by atoms with van der Waals surface area (Å²) in [5.74, 6) is -0.403. The highest BCUT2D eigenvalue weighted by atomic mass is 35.5. The van der Waals surface area contributed by atoms with Crippen LogP contribution in [0, 0.1) is 5.92 Å². The Morgan fingerprint density at radius 3 is 2.52 bits per heavy atom. The van der Waals surface area contributed by atoms with E-state index in [4.69, 9.17) is 5.73 Å². The van der Waals surface area contributed by atoms with E-state index in [1.54, 1.807) is 18.7 Å². The topological polar surface area (TPSA) is 122 Å². The van der Waals surface area contributed by atoms with Crippen LogP contribution in [-0.4, -0.2) is 62.6 Å². The second-order valence-corrected chi connectivity index (χ2v) is 8.64. The van der Waals surface area contributed by atoms with E-state index in [0.29, 0.717) is 19.0 Å². The van der Waals surface area contributed by atoms with Crippen LogP contribution in [0.1, 0.15) is 40.0 Å². The highest BCUT2D eigenvalue weighted by Gasteiger charge is 2.29. The van der Waals surface area contributed by atoms with Gasteiger partial charge in [-0.1, -0.05) is 6.92 Å². The summed E-state index contributed by atoms with van der Waals surface area (Å²) in [6.45, 7) is 6.39. The molecule has 1 heterocycles. The molecule has 0 aromatic carbocycles. The van der Waals surface area contributed by atoms with Gasteiger partial charge >= 0.3 is 0 Å². The van der Waals surface area contributed by atoms with Gasteiger partial charge in [0.05, 0.1) is 12.3 Å². The molecular formula is C15H31ClN4O4S. The number of rotatable bonds is 8. The number of halogens is 1. The first-order valence-corrected chi connectivity index (χ1v) is 10.1. The lowest BCUT2D eigenvalue weighted by Crippen LogP contribution is -2.49. The number of likely N-dealkylation sites (tertiary alicyclic amines) is 1. The lowest BCUT2D eigenvalue weighted by atomic mass is 9.92. The van der Waals surface area contributed by atoms with Crippen LogP contribution in [0.2, 0.25) is 0 Å². The van der Waals surface area contributed by atoms with Crippen molar-refractivity contribution in [3.8, 4) is 0 Å². The van der Waals surface area contributed by atoms with Crippen molar-refractivity contribution in [3.63, 3.8) is 0 Å². The predicted octanol–water partition coefficient (Wildman–Crippen LogP) is -0.172. The smallest absolute Gasteiger partial charge is 0.235 e. The molecule has 0 aromatic heterocycles. The standard InChI is InChI=1S/C15H30N4O4S.ClH/c1-11(2)18-14(20)10-17-24(22,23)7-5-15(21)19-6-4-12(3)8-13(19)9-16;/h11-13,17H,4-10,16H2,1-3H3,(H,18,20);1H. The van der Waals surface area contributed by atoms with Crippen LogP contribution in [0.5, 0.6) is 0 Å². The lowest BCUT2D eigenvalue weighted by Gasteiger charge is -2.38. The first kappa shape index (κ1) is 24.1. The maximum atomic E-state index is 12.3. The van der Waals surface area contributed by atoms with Crippen LogP contribution < -0.4 is 15.8 Å². The molecule has 25 heavy (non-hydrogen) atoms. The van der Waals surface area contributed by atoms with Crippen molar-refractivity contribution in [2.45, 2.75) is 52.1 Å². The molecule has 2 unspecified atom stereocenters. The van der Waals surface area contributed by atoms with Crippen molar-refractivity contribution < 1.29 is 18.0 Å². The predicted molar refractivity (Wildman–Crippen MR) is 99.9 cm³/mol. The minimum Gasteiger partial charge on any atom is -0.353 e. The molecule has 1 saturated heterocycles. The Morgan fingerprint density at radius 2 is 1.96 bits per heavy atom. The Hall–Kier alpha value is -0.900. The molecule has 1 fully saturated rings. The van der Waals surface area contributed by atoms with Crippen LogP contribution >= 0.6 is 12.4 Å². The molecule has 1 aliphatic rings. The first-order valence-electron chi connectivity index (χ1n) is 8.41. The van der Waals surface area contributed by atoms with Gasteiger partial charge in [-0.05, 0) is 32.6 Å². The summed E-state index contributed by atoms with van der Waals surface area (Å²) in [6, 6.07) is -0.0768. The number of nitrogens with two attached hydrogens (primary N) is 1. The highest BCUT2D eigenvalue weighted by Crippen LogP contribution is 2.22. The maximum Gasteiger partial charge on any atom is 0.235 e. The van der Waals surface area contributed by atoms with Gasteiger partial charge < -0.3 is 16.0 Å². The normalized spacial score (nSPS) is 20.9. The third kappa shape index (κ3) is 8.84. The van der Waals surface area contributed by atoms with Crippen LogP contribution in [-0.2, 0) is 19.6 Å². The van der Waals surface area contributed by atoms with E-state index >= 15 is 0 Å². The highest BCUT2D eigenvalue weighted by molar-refractivity contribution is 7.89. The fraction of sp³-hybridized carbons (Fsp3) is 0.867. The second kappa shape index (κ2) is 10.9. The van der Waals surface area contributed by atoms with Crippen LogP contribution in [0.3, 0.4) is 0 Å². The van der Waals surface area contributed by atoms with Gasteiger partial charge in [0, 0.05) is 31.6 Å². The molecule has 148 valence electrons. The van der Waals surface area contributed by atoms with E-state index in [-0.39, 0.29) is 49.1 Å². The number of nitrogens with zero attached hydrogens (tertiary/aromatic N) is 1. The number of carbonyl (C=O) groups is 2. The van der Waals surface area contributed by atoms with E-state index in [1.807, 2.05) is 0 Å². The van der Waals surface area contributed by atoms with Gasteiger partial charge in [-0.3, -0.25) is 9.59 Å². The van der Waals surface area contributed by atoms with Gasteiger partial charge in [0.1, 0.15) is 0 Å². The molecule has 4 N–H and O–H groups in total. The van der Waals surface area contributed by atoms with Crippen molar-refractivity contribution in [1.82, 2.24) is 14.9 Å². The van der Waals surface area contributed by atoms with Crippen molar-refractivity contribution in [1.29, 1.82) is 0 Å². The summed E-state index contributed by atoms with van der Waals surface area (Å²) in [4.78, 5) is 25.5. The summed E-state index contributed by atoms with van der Waals surface area (Å²) >= 11 is 0. The van der Waals surface area contributed by atoms with Crippen molar-refractivity contribution >= 4 is 34.2 Å². The largest absolute Gasteiger partial charge is 0.353 e. The monoisotopic (exact) mass is 398 g/mol. The molecule has 0 radical (unpaired) electrons. The number of carbonyl (C=O) groups excluding carboxylic acids is 2. The van der Waals surface area contributed by atoms with Crippen molar-refractivity contribution in [3.05, 3.63) is 0 Å². The Balaban J connectivity index is 0.00000576. The molecule has 8 nitrogen and oxygen atoms in total. The van der Waals surface area contributed by atoms with Crippen LogP contribution in [0.25, 0.3) is 0 Å². The molecule has 2 atom stereocenters. The SMILES string of the molecule is CC1CCN(C(=O)CCS(=O)(=O)NCC(=O)NC(C)C)C(CN)C1.Cl. The number of hydrogen-bond donors (Lipinski definition) is 3. The summed E-state index contributed by atoms with van der Waals surface area (Å²) < 4.78 is 26.1. The summed E-state index contributed by atoms with van der Waals surface area (Å²) in [7, 11) is -3.67. The molecule has 0 saturated carbocycles. The number of hydrogen-bond acceptors (Lipinski definition) is 5. The van der Waals surface area contributed by atoms with Gasteiger partial charge in [0.15, 0.2) is 0 Å². The molecule has 2 amide bonds. The number of nitrogens with one attached hydrogen (secondary N) is 2. The minimum atomic E-state index is -3.67. The van der Waals surface area contributed by atoms with E-state index in [1.165, 1.54) is 0 Å². The van der Waals surface area contributed by atoms with Crippen molar-refractivity contribution in [2.24, 2.45) is 11.7 Å². The van der Waals surface area contributed by atoms with E-state index in [0.717, 1.165) is 12.8 Å². The molecule has 0 spiro atoms. The lowest BCUT2D eigenvalue weighted by molar-refractivity contribution is -0.134.